The molecule has 2 aliphatic rings. The second kappa shape index (κ2) is 6.41. The molecular weight excluding hydrogens is 320 g/mol. The lowest BCUT2D eigenvalue weighted by Gasteiger charge is -2.54. The van der Waals surface area contributed by atoms with E-state index in [4.69, 9.17) is 25.1 Å². The maximum absolute atomic E-state index is 6.67. The molecule has 2 fully saturated rings. The van der Waals surface area contributed by atoms with Gasteiger partial charge in [-0.3, -0.25) is 0 Å². The third-order valence-electron chi connectivity index (χ3n) is 5.67. The average molecular weight is 355 g/mol. The molecule has 24 heavy (non-hydrogen) atoms. The van der Waals surface area contributed by atoms with Gasteiger partial charge in [-0.1, -0.05) is 20.8 Å². The van der Waals surface area contributed by atoms with Crippen molar-refractivity contribution in [2.24, 2.45) is 0 Å². The molecule has 0 unspecified atom stereocenters. The van der Waals surface area contributed by atoms with E-state index in [9.17, 15) is 0 Å². The van der Waals surface area contributed by atoms with Crippen LogP contribution in [0.4, 0.5) is 0 Å². The second-order valence-electron chi connectivity index (χ2n) is 9.32. The van der Waals surface area contributed by atoms with Crippen molar-refractivity contribution in [2.45, 2.75) is 102 Å². The van der Waals surface area contributed by atoms with Crippen LogP contribution in [0.1, 0.15) is 54.4 Å². The van der Waals surface area contributed by atoms with E-state index in [0.717, 1.165) is 6.42 Å². The van der Waals surface area contributed by atoms with Gasteiger partial charge >= 0.3 is 0 Å². The smallest absolute Gasteiger partial charge is 0.192 e. The Balaban J connectivity index is 2.22. The van der Waals surface area contributed by atoms with Gasteiger partial charge in [-0.25, -0.2) is 0 Å². The lowest BCUT2D eigenvalue weighted by molar-refractivity contribution is -0.365. The molecule has 0 aliphatic carbocycles. The number of rotatable bonds is 3. The van der Waals surface area contributed by atoms with Crippen LogP contribution in [0, 0.1) is 12.3 Å². The lowest BCUT2D eigenvalue weighted by atomic mass is 9.87. The molecule has 0 N–H and O–H groups in total. The molecule has 138 valence electrons. The van der Waals surface area contributed by atoms with Gasteiger partial charge in [0.15, 0.2) is 14.1 Å². The van der Waals surface area contributed by atoms with E-state index in [1.54, 1.807) is 0 Å². The van der Waals surface area contributed by atoms with Gasteiger partial charge in [0.1, 0.15) is 5.60 Å². The van der Waals surface area contributed by atoms with E-state index in [0.29, 0.717) is 13.0 Å². The SMILES string of the molecule is C#CC[C@@H]1O[C@]2(C)COC(C)(C)O[C@H]2C[C@H]1O[Si](C)(C)C(C)(C)C. The van der Waals surface area contributed by atoms with Gasteiger partial charge in [0.2, 0.25) is 0 Å². The maximum atomic E-state index is 6.67. The zero-order chi connectivity index (χ0) is 18.4. The van der Waals surface area contributed by atoms with Gasteiger partial charge in [-0.05, 0) is 38.9 Å². The van der Waals surface area contributed by atoms with E-state index in [-0.39, 0.29) is 23.4 Å². The third-order valence-corrected chi connectivity index (χ3v) is 10.2. The van der Waals surface area contributed by atoms with Crippen LogP contribution in [0.2, 0.25) is 18.1 Å². The summed E-state index contributed by atoms with van der Waals surface area (Å²) in [6, 6.07) is 0. The zero-order valence-corrected chi connectivity index (χ0v) is 17.6. The van der Waals surface area contributed by atoms with Crippen LogP contribution < -0.4 is 0 Å². The fraction of sp³-hybridized carbons (Fsp3) is 0.895. The van der Waals surface area contributed by atoms with Crippen LogP contribution in [0.3, 0.4) is 0 Å². The van der Waals surface area contributed by atoms with E-state index < -0.39 is 19.7 Å². The zero-order valence-electron chi connectivity index (χ0n) is 16.6. The number of fused-ring (bicyclic) bond motifs is 1. The van der Waals surface area contributed by atoms with Gasteiger partial charge in [0, 0.05) is 12.8 Å². The standard InChI is InChI=1S/C19H34O4Si/c1-10-11-14-15(23-24(8,9)17(2,3)4)12-16-19(7,21-14)13-20-18(5,6)22-16/h1,14-16H,11-13H2,2-9H3/t14-,15+,16-,19+/m0/s1. The molecule has 2 aliphatic heterocycles. The van der Waals surface area contributed by atoms with Gasteiger partial charge in [0.25, 0.3) is 0 Å². The van der Waals surface area contributed by atoms with Crippen molar-refractivity contribution in [1.82, 2.24) is 0 Å². The van der Waals surface area contributed by atoms with Crippen LogP contribution in [0.25, 0.3) is 0 Å². The monoisotopic (exact) mass is 354 g/mol. The first-order valence-electron chi connectivity index (χ1n) is 8.90. The summed E-state index contributed by atoms with van der Waals surface area (Å²) >= 11 is 0. The van der Waals surface area contributed by atoms with Gasteiger partial charge in [0.05, 0.1) is 24.9 Å². The number of ether oxygens (including phenoxy) is 3. The normalized spacial score (nSPS) is 36.7. The van der Waals surface area contributed by atoms with Crippen molar-refractivity contribution in [3.05, 3.63) is 0 Å². The minimum absolute atomic E-state index is 0.0334. The van der Waals surface area contributed by atoms with Crippen LogP contribution in [0.5, 0.6) is 0 Å². The number of hydrogen-bond donors (Lipinski definition) is 0. The molecule has 0 aromatic heterocycles. The molecule has 4 nitrogen and oxygen atoms in total. The summed E-state index contributed by atoms with van der Waals surface area (Å²) in [6.07, 6.45) is 6.73. The highest BCUT2D eigenvalue weighted by molar-refractivity contribution is 6.74. The predicted octanol–water partition coefficient (Wildman–Crippen LogP) is 4.10. The Hall–Kier alpha value is -0.383. The Labute approximate surface area is 148 Å². The summed E-state index contributed by atoms with van der Waals surface area (Å²) in [6.45, 7) is 17.7. The molecule has 2 rings (SSSR count). The first-order chi connectivity index (χ1) is 10.8. The molecule has 0 amide bonds. The minimum atomic E-state index is -1.92. The molecule has 0 aromatic rings. The van der Waals surface area contributed by atoms with Crippen LogP contribution in [0.15, 0.2) is 0 Å². The highest BCUT2D eigenvalue weighted by Crippen LogP contribution is 2.44. The van der Waals surface area contributed by atoms with Crippen molar-refractivity contribution in [2.75, 3.05) is 6.61 Å². The molecule has 0 radical (unpaired) electrons. The van der Waals surface area contributed by atoms with Crippen LogP contribution in [-0.2, 0) is 18.6 Å². The van der Waals surface area contributed by atoms with Gasteiger partial charge in [-0.15, -0.1) is 12.3 Å². The van der Waals surface area contributed by atoms with Crippen LogP contribution in [-0.4, -0.2) is 44.6 Å². The fourth-order valence-electron chi connectivity index (χ4n) is 3.07. The highest BCUT2D eigenvalue weighted by Gasteiger charge is 2.54. The van der Waals surface area contributed by atoms with E-state index >= 15 is 0 Å². The number of terminal acetylenes is 1. The van der Waals surface area contributed by atoms with Gasteiger partial charge < -0.3 is 18.6 Å². The molecule has 0 aromatic carbocycles. The molecule has 2 saturated heterocycles. The Morgan fingerprint density at radius 3 is 2.38 bits per heavy atom. The number of hydrogen-bond acceptors (Lipinski definition) is 4. The van der Waals surface area contributed by atoms with Gasteiger partial charge in [-0.2, -0.15) is 0 Å². The second-order valence-corrected chi connectivity index (χ2v) is 14.1. The molecular formula is C19H34O4Si. The van der Waals surface area contributed by atoms with E-state index in [1.165, 1.54) is 0 Å². The quantitative estimate of drug-likeness (QED) is 0.565. The molecule has 0 spiro atoms. The third kappa shape index (κ3) is 4.05. The molecule has 0 saturated carbocycles. The average Bonchev–Trinajstić information content (AvgIpc) is 2.39. The molecule has 5 heteroatoms. The first kappa shape index (κ1) is 19.9. The Morgan fingerprint density at radius 2 is 1.83 bits per heavy atom. The minimum Gasteiger partial charge on any atom is -0.411 e. The summed E-state index contributed by atoms with van der Waals surface area (Å²) in [4.78, 5) is 0. The first-order valence-corrected chi connectivity index (χ1v) is 11.8. The van der Waals surface area contributed by atoms with Crippen molar-refractivity contribution in [3.8, 4) is 12.3 Å². The van der Waals surface area contributed by atoms with Crippen molar-refractivity contribution in [3.63, 3.8) is 0 Å². The van der Waals surface area contributed by atoms with E-state index in [2.05, 4.69) is 46.7 Å². The van der Waals surface area contributed by atoms with Crippen LogP contribution >= 0.6 is 0 Å². The van der Waals surface area contributed by atoms with E-state index in [1.807, 2.05) is 13.8 Å². The summed E-state index contributed by atoms with van der Waals surface area (Å²) in [7, 11) is -1.92. The largest absolute Gasteiger partial charge is 0.411 e. The Kier molecular flexibility index (Phi) is 5.32. The predicted molar refractivity (Wildman–Crippen MR) is 98.3 cm³/mol. The lowest BCUT2D eigenvalue weighted by Crippen LogP contribution is -2.65. The Morgan fingerprint density at radius 1 is 1.21 bits per heavy atom. The molecule has 2 heterocycles. The van der Waals surface area contributed by atoms with Crippen molar-refractivity contribution in [1.29, 1.82) is 0 Å². The highest BCUT2D eigenvalue weighted by atomic mass is 28.4. The van der Waals surface area contributed by atoms with Crippen molar-refractivity contribution >= 4 is 8.32 Å². The summed E-state index contributed by atoms with van der Waals surface area (Å²) in [5, 5.41) is 0.143. The summed E-state index contributed by atoms with van der Waals surface area (Å²) in [5.74, 6) is 2.16. The Bertz CT molecular complexity index is 502. The van der Waals surface area contributed by atoms with Crippen molar-refractivity contribution < 1.29 is 18.6 Å². The maximum Gasteiger partial charge on any atom is 0.192 e. The fourth-order valence-corrected chi connectivity index (χ4v) is 4.43. The molecule has 4 atom stereocenters. The molecule has 0 bridgehead atoms. The topological polar surface area (TPSA) is 36.9 Å². The summed E-state index contributed by atoms with van der Waals surface area (Å²) in [5.41, 5.74) is -0.468. The summed E-state index contributed by atoms with van der Waals surface area (Å²) < 4.78 is 25.1.